The zero-order valence-corrected chi connectivity index (χ0v) is 11.9. The van der Waals surface area contributed by atoms with Gasteiger partial charge in [0, 0.05) is 24.2 Å². The van der Waals surface area contributed by atoms with Crippen molar-refractivity contribution in [3.63, 3.8) is 0 Å². The van der Waals surface area contributed by atoms with E-state index in [-0.39, 0.29) is 23.0 Å². The maximum Gasteiger partial charge on any atom is 0.273 e. The number of para-hydroxylation sites is 1. The standard InChI is InChI=1S/C13H19N3O2.ClH/c1-14-12-6-8-15(9-7-12)10-11-4-2-3-5-13(11)16(17)18;/h2-5,12,14H,6-10H2,1H3;1H. The molecule has 0 bridgehead atoms. The summed E-state index contributed by atoms with van der Waals surface area (Å²) >= 11 is 0. The highest BCUT2D eigenvalue weighted by atomic mass is 35.5. The number of benzene rings is 1. The van der Waals surface area contributed by atoms with Crippen molar-refractivity contribution in [1.29, 1.82) is 0 Å². The van der Waals surface area contributed by atoms with Gasteiger partial charge in [-0.1, -0.05) is 18.2 Å². The first-order valence-electron chi connectivity index (χ1n) is 6.32. The van der Waals surface area contributed by atoms with Gasteiger partial charge in [0.2, 0.25) is 0 Å². The number of hydrogen-bond donors (Lipinski definition) is 1. The van der Waals surface area contributed by atoms with Crippen LogP contribution in [0.25, 0.3) is 0 Å². The predicted octanol–water partition coefficient (Wildman–Crippen LogP) is 2.20. The molecule has 0 aromatic heterocycles. The van der Waals surface area contributed by atoms with Gasteiger partial charge in [-0.05, 0) is 33.0 Å². The molecule has 5 nitrogen and oxygen atoms in total. The van der Waals surface area contributed by atoms with Crippen LogP contribution >= 0.6 is 12.4 Å². The fourth-order valence-corrected chi connectivity index (χ4v) is 2.44. The molecule has 106 valence electrons. The van der Waals surface area contributed by atoms with Gasteiger partial charge in [-0.25, -0.2) is 0 Å². The van der Waals surface area contributed by atoms with Gasteiger partial charge in [0.25, 0.3) is 5.69 Å². The third kappa shape index (κ3) is 4.16. The Morgan fingerprint density at radius 3 is 2.58 bits per heavy atom. The molecule has 6 heteroatoms. The second-order valence-electron chi connectivity index (χ2n) is 4.72. The Labute approximate surface area is 119 Å². The van der Waals surface area contributed by atoms with Gasteiger partial charge < -0.3 is 5.32 Å². The van der Waals surface area contributed by atoms with Crippen LogP contribution in [-0.2, 0) is 6.54 Å². The van der Waals surface area contributed by atoms with Gasteiger partial charge >= 0.3 is 0 Å². The molecule has 1 N–H and O–H groups in total. The van der Waals surface area contributed by atoms with E-state index in [4.69, 9.17) is 0 Å². The van der Waals surface area contributed by atoms with Crippen molar-refractivity contribution in [2.75, 3.05) is 20.1 Å². The number of piperidine rings is 1. The van der Waals surface area contributed by atoms with Crippen molar-refractivity contribution in [3.8, 4) is 0 Å². The van der Waals surface area contributed by atoms with Crippen LogP contribution in [0.15, 0.2) is 24.3 Å². The Kier molecular flexibility index (Phi) is 6.21. The second-order valence-corrected chi connectivity index (χ2v) is 4.72. The molecular formula is C13H20ClN3O2. The number of hydrogen-bond acceptors (Lipinski definition) is 4. The largest absolute Gasteiger partial charge is 0.317 e. The summed E-state index contributed by atoms with van der Waals surface area (Å²) in [6.45, 7) is 2.67. The van der Waals surface area contributed by atoms with Crippen LogP contribution in [-0.4, -0.2) is 36.0 Å². The van der Waals surface area contributed by atoms with Gasteiger partial charge in [0.05, 0.1) is 4.92 Å². The molecule has 0 aliphatic carbocycles. The highest BCUT2D eigenvalue weighted by molar-refractivity contribution is 5.85. The molecule has 0 radical (unpaired) electrons. The molecule has 1 aliphatic heterocycles. The molecule has 1 aromatic carbocycles. The SMILES string of the molecule is CNC1CCN(Cc2ccccc2[N+](=O)[O-])CC1.Cl. The zero-order chi connectivity index (χ0) is 13.0. The first-order valence-corrected chi connectivity index (χ1v) is 6.32. The molecule has 0 unspecified atom stereocenters. The summed E-state index contributed by atoms with van der Waals surface area (Å²) < 4.78 is 0. The topological polar surface area (TPSA) is 58.4 Å². The molecular weight excluding hydrogens is 266 g/mol. The van der Waals surface area contributed by atoms with E-state index in [1.165, 1.54) is 0 Å². The Hall–Kier alpha value is -1.17. The van der Waals surface area contributed by atoms with Crippen LogP contribution in [0.3, 0.4) is 0 Å². The Morgan fingerprint density at radius 2 is 2.00 bits per heavy atom. The lowest BCUT2D eigenvalue weighted by Crippen LogP contribution is -2.40. The number of halogens is 1. The van der Waals surface area contributed by atoms with E-state index in [2.05, 4.69) is 10.2 Å². The minimum Gasteiger partial charge on any atom is -0.317 e. The summed E-state index contributed by atoms with van der Waals surface area (Å²) in [5, 5.41) is 14.2. The van der Waals surface area contributed by atoms with Gasteiger partial charge in [0.1, 0.15) is 0 Å². The van der Waals surface area contributed by atoms with Crippen molar-refractivity contribution >= 4 is 18.1 Å². The molecule has 0 amide bonds. The molecule has 2 rings (SSSR count). The van der Waals surface area contributed by atoms with Crippen molar-refractivity contribution in [2.45, 2.75) is 25.4 Å². The molecule has 0 saturated carbocycles. The average molecular weight is 286 g/mol. The molecule has 1 saturated heterocycles. The normalized spacial score (nSPS) is 16.9. The van der Waals surface area contributed by atoms with E-state index < -0.39 is 0 Å². The Balaban J connectivity index is 0.00000180. The first-order chi connectivity index (χ1) is 8.70. The average Bonchev–Trinajstić information content (AvgIpc) is 2.40. The van der Waals surface area contributed by atoms with Gasteiger partial charge in [-0.2, -0.15) is 0 Å². The third-order valence-corrected chi connectivity index (χ3v) is 3.58. The van der Waals surface area contributed by atoms with E-state index in [9.17, 15) is 10.1 Å². The van der Waals surface area contributed by atoms with Crippen LogP contribution in [0, 0.1) is 10.1 Å². The van der Waals surface area contributed by atoms with Crippen molar-refractivity contribution in [1.82, 2.24) is 10.2 Å². The molecule has 1 aromatic rings. The van der Waals surface area contributed by atoms with Crippen LogP contribution in [0.2, 0.25) is 0 Å². The number of nitrogens with zero attached hydrogens (tertiary/aromatic N) is 2. The molecule has 0 spiro atoms. The van der Waals surface area contributed by atoms with E-state index in [1.807, 2.05) is 19.2 Å². The van der Waals surface area contributed by atoms with Crippen LogP contribution in [0.1, 0.15) is 18.4 Å². The van der Waals surface area contributed by atoms with Gasteiger partial charge in [-0.3, -0.25) is 15.0 Å². The fraction of sp³-hybridized carbons (Fsp3) is 0.538. The lowest BCUT2D eigenvalue weighted by molar-refractivity contribution is -0.385. The maximum absolute atomic E-state index is 10.9. The highest BCUT2D eigenvalue weighted by Gasteiger charge is 2.20. The Bertz CT molecular complexity index is 420. The lowest BCUT2D eigenvalue weighted by atomic mass is 10.0. The van der Waals surface area contributed by atoms with E-state index in [0.717, 1.165) is 31.5 Å². The number of nitrogens with one attached hydrogen (secondary N) is 1. The van der Waals surface area contributed by atoms with Crippen molar-refractivity contribution in [3.05, 3.63) is 39.9 Å². The summed E-state index contributed by atoms with van der Waals surface area (Å²) in [5.41, 5.74) is 1.04. The van der Waals surface area contributed by atoms with Crippen molar-refractivity contribution < 1.29 is 4.92 Å². The summed E-state index contributed by atoms with van der Waals surface area (Å²) in [5.74, 6) is 0. The summed E-state index contributed by atoms with van der Waals surface area (Å²) in [7, 11) is 1.99. The second kappa shape index (κ2) is 7.43. The van der Waals surface area contributed by atoms with Crippen LogP contribution in [0.4, 0.5) is 5.69 Å². The van der Waals surface area contributed by atoms with Gasteiger partial charge in [0.15, 0.2) is 0 Å². The summed E-state index contributed by atoms with van der Waals surface area (Å²) in [6, 6.07) is 7.60. The van der Waals surface area contributed by atoms with E-state index in [1.54, 1.807) is 12.1 Å². The molecule has 19 heavy (non-hydrogen) atoms. The number of nitro benzene ring substituents is 1. The zero-order valence-electron chi connectivity index (χ0n) is 11.0. The van der Waals surface area contributed by atoms with Gasteiger partial charge in [-0.15, -0.1) is 12.4 Å². The first kappa shape index (κ1) is 15.9. The van der Waals surface area contributed by atoms with E-state index >= 15 is 0 Å². The predicted molar refractivity (Wildman–Crippen MR) is 77.7 cm³/mol. The third-order valence-electron chi connectivity index (χ3n) is 3.58. The maximum atomic E-state index is 10.9. The summed E-state index contributed by atoms with van der Waals surface area (Å²) in [4.78, 5) is 12.9. The number of rotatable bonds is 4. The van der Waals surface area contributed by atoms with Crippen molar-refractivity contribution in [2.24, 2.45) is 0 Å². The van der Waals surface area contributed by atoms with Crippen LogP contribution in [0.5, 0.6) is 0 Å². The number of nitro groups is 1. The molecule has 1 fully saturated rings. The molecule has 1 heterocycles. The quantitative estimate of drug-likeness (QED) is 0.681. The highest BCUT2D eigenvalue weighted by Crippen LogP contribution is 2.21. The smallest absolute Gasteiger partial charge is 0.273 e. The molecule has 0 atom stereocenters. The molecule has 1 aliphatic rings. The Morgan fingerprint density at radius 1 is 1.37 bits per heavy atom. The fourth-order valence-electron chi connectivity index (χ4n) is 2.44. The monoisotopic (exact) mass is 285 g/mol. The minimum atomic E-state index is -0.296. The lowest BCUT2D eigenvalue weighted by Gasteiger charge is -2.31. The van der Waals surface area contributed by atoms with Crippen LogP contribution < -0.4 is 5.32 Å². The van der Waals surface area contributed by atoms with E-state index in [0.29, 0.717) is 12.6 Å². The number of likely N-dealkylation sites (tertiary alicyclic amines) is 1. The summed E-state index contributed by atoms with van der Waals surface area (Å²) in [6.07, 6.45) is 2.22. The minimum absolute atomic E-state index is 0.